The number of aromatic hydroxyl groups is 1. The van der Waals surface area contributed by atoms with Crippen molar-refractivity contribution in [3.8, 4) is 5.75 Å². The van der Waals surface area contributed by atoms with E-state index >= 15 is 0 Å². The Morgan fingerprint density at radius 1 is 0.958 bits per heavy atom. The lowest BCUT2D eigenvalue weighted by molar-refractivity contribution is -0.115. The highest BCUT2D eigenvalue weighted by molar-refractivity contribution is 8.00. The second kappa shape index (κ2) is 7.66. The van der Waals surface area contributed by atoms with Gasteiger partial charge in [-0.2, -0.15) is 0 Å². The lowest BCUT2D eigenvalue weighted by Gasteiger charge is -2.17. The van der Waals surface area contributed by atoms with Crippen molar-refractivity contribution in [1.82, 2.24) is 4.98 Å². The molecule has 4 nitrogen and oxygen atoms in total. The molecule has 3 rings (SSSR count). The summed E-state index contributed by atoms with van der Waals surface area (Å²) in [5.41, 5.74) is 0.888. The first kappa shape index (κ1) is 16.1. The SMILES string of the molecule is O=C(Nc1ncccc1O)C(Sc1ccccc1)c1ccccc1. The van der Waals surface area contributed by atoms with Crippen molar-refractivity contribution < 1.29 is 9.90 Å². The molecule has 3 aromatic rings. The number of aromatic nitrogens is 1. The summed E-state index contributed by atoms with van der Waals surface area (Å²) in [6, 6.07) is 22.4. The Morgan fingerprint density at radius 3 is 2.29 bits per heavy atom. The van der Waals surface area contributed by atoms with E-state index in [9.17, 15) is 9.90 Å². The van der Waals surface area contributed by atoms with Crippen molar-refractivity contribution in [2.75, 3.05) is 5.32 Å². The van der Waals surface area contributed by atoms with E-state index in [0.717, 1.165) is 10.5 Å². The summed E-state index contributed by atoms with van der Waals surface area (Å²) in [6.07, 6.45) is 1.52. The summed E-state index contributed by atoms with van der Waals surface area (Å²) in [6.45, 7) is 0. The van der Waals surface area contributed by atoms with Gasteiger partial charge >= 0.3 is 0 Å². The Labute approximate surface area is 144 Å². The fraction of sp³-hybridized carbons (Fsp3) is 0.0526. The van der Waals surface area contributed by atoms with Gasteiger partial charge in [-0.05, 0) is 29.8 Å². The predicted molar refractivity (Wildman–Crippen MR) is 96.0 cm³/mol. The molecule has 0 fully saturated rings. The number of nitrogens with zero attached hydrogens (tertiary/aromatic N) is 1. The number of carbonyl (C=O) groups is 1. The van der Waals surface area contributed by atoms with Crippen molar-refractivity contribution in [3.05, 3.63) is 84.6 Å². The number of rotatable bonds is 5. The van der Waals surface area contributed by atoms with Crippen molar-refractivity contribution in [2.24, 2.45) is 0 Å². The second-order valence-corrected chi connectivity index (χ2v) is 6.26. The lowest BCUT2D eigenvalue weighted by atomic mass is 10.1. The number of amides is 1. The Bertz CT molecular complexity index is 810. The average molecular weight is 336 g/mol. The van der Waals surface area contributed by atoms with Crippen LogP contribution in [0.2, 0.25) is 0 Å². The quantitative estimate of drug-likeness (QED) is 0.684. The molecule has 1 aromatic heterocycles. The highest BCUT2D eigenvalue weighted by atomic mass is 32.2. The van der Waals surface area contributed by atoms with Crippen molar-refractivity contribution >= 4 is 23.5 Å². The van der Waals surface area contributed by atoms with Crippen LogP contribution < -0.4 is 5.32 Å². The van der Waals surface area contributed by atoms with Gasteiger partial charge in [0.05, 0.1) is 0 Å². The van der Waals surface area contributed by atoms with Gasteiger partial charge < -0.3 is 10.4 Å². The first-order chi connectivity index (χ1) is 11.7. The number of pyridine rings is 1. The Balaban J connectivity index is 1.87. The molecule has 1 atom stereocenters. The molecule has 0 spiro atoms. The number of nitrogens with one attached hydrogen (secondary N) is 1. The predicted octanol–water partition coefficient (Wildman–Crippen LogP) is 4.26. The van der Waals surface area contributed by atoms with Crippen LogP contribution in [-0.4, -0.2) is 16.0 Å². The monoisotopic (exact) mass is 336 g/mol. The van der Waals surface area contributed by atoms with Gasteiger partial charge in [-0.3, -0.25) is 4.79 Å². The van der Waals surface area contributed by atoms with Gasteiger partial charge in [-0.25, -0.2) is 4.98 Å². The van der Waals surface area contributed by atoms with E-state index in [4.69, 9.17) is 0 Å². The van der Waals surface area contributed by atoms with Crippen LogP contribution in [0.3, 0.4) is 0 Å². The average Bonchev–Trinajstić information content (AvgIpc) is 2.63. The molecule has 0 aliphatic rings. The van der Waals surface area contributed by atoms with E-state index in [-0.39, 0.29) is 17.5 Å². The first-order valence-electron chi connectivity index (χ1n) is 7.45. The number of carbonyl (C=O) groups excluding carboxylic acids is 1. The number of thioether (sulfide) groups is 1. The summed E-state index contributed by atoms with van der Waals surface area (Å²) in [5.74, 6) is -0.122. The van der Waals surface area contributed by atoms with Gasteiger partial charge in [-0.15, -0.1) is 11.8 Å². The molecule has 5 heteroatoms. The third-order valence-electron chi connectivity index (χ3n) is 3.37. The number of benzene rings is 2. The van der Waals surface area contributed by atoms with E-state index in [1.54, 1.807) is 6.07 Å². The summed E-state index contributed by atoms with van der Waals surface area (Å²) in [7, 11) is 0. The zero-order chi connectivity index (χ0) is 16.8. The molecule has 0 aliphatic carbocycles. The molecule has 0 aliphatic heterocycles. The van der Waals surface area contributed by atoms with Crippen molar-refractivity contribution in [3.63, 3.8) is 0 Å². The van der Waals surface area contributed by atoms with Crippen LogP contribution in [0.25, 0.3) is 0 Å². The molecule has 1 unspecified atom stereocenters. The van der Waals surface area contributed by atoms with Crippen LogP contribution in [0.15, 0.2) is 83.9 Å². The molecule has 120 valence electrons. The highest BCUT2D eigenvalue weighted by Gasteiger charge is 2.23. The maximum atomic E-state index is 12.8. The number of hydrogen-bond donors (Lipinski definition) is 2. The summed E-state index contributed by atoms with van der Waals surface area (Å²) < 4.78 is 0. The standard InChI is InChI=1S/C19H16N2O2S/c22-16-12-7-13-20-18(16)21-19(23)17(14-8-3-1-4-9-14)24-15-10-5-2-6-11-15/h1-13,17,22H,(H,20,21,23). The van der Waals surface area contributed by atoms with Crippen LogP contribution in [0.5, 0.6) is 5.75 Å². The lowest BCUT2D eigenvalue weighted by Crippen LogP contribution is -2.19. The molecular formula is C19H16N2O2S. The Morgan fingerprint density at radius 2 is 1.62 bits per heavy atom. The van der Waals surface area contributed by atoms with Crippen LogP contribution in [0.4, 0.5) is 5.82 Å². The topological polar surface area (TPSA) is 62.2 Å². The Hall–Kier alpha value is -2.79. The van der Waals surface area contributed by atoms with E-state index in [1.165, 1.54) is 24.0 Å². The van der Waals surface area contributed by atoms with E-state index in [2.05, 4.69) is 10.3 Å². The molecule has 0 saturated heterocycles. The third kappa shape index (κ3) is 3.94. The minimum atomic E-state index is -0.449. The maximum absolute atomic E-state index is 12.8. The van der Waals surface area contributed by atoms with Gasteiger partial charge in [0.1, 0.15) is 5.25 Å². The zero-order valence-corrected chi connectivity index (χ0v) is 13.6. The van der Waals surface area contributed by atoms with Crippen LogP contribution >= 0.6 is 11.8 Å². The molecule has 1 heterocycles. The van der Waals surface area contributed by atoms with E-state index in [0.29, 0.717) is 0 Å². The molecule has 24 heavy (non-hydrogen) atoms. The maximum Gasteiger partial charge on any atom is 0.243 e. The van der Waals surface area contributed by atoms with E-state index < -0.39 is 5.25 Å². The molecule has 2 aromatic carbocycles. The van der Waals surface area contributed by atoms with Gasteiger partial charge in [0.25, 0.3) is 0 Å². The van der Waals surface area contributed by atoms with Gasteiger partial charge in [-0.1, -0.05) is 48.5 Å². The van der Waals surface area contributed by atoms with Gasteiger partial charge in [0.15, 0.2) is 11.6 Å². The summed E-state index contributed by atoms with van der Waals surface area (Å²) in [4.78, 5) is 17.8. The molecule has 0 saturated carbocycles. The number of anilines is 1. The Kier molecular flexibility index (Phi) is 5.13. The fourth-order valence-corrected chi connectivity index (χ4v) is 3.26. The minimum Gasteiger partial charge on any atom is -0.504 e. The fourth-order valence-electron chi connectivity index (χ4n) is 2.21. The second-order valence-electron chi connectivity index (χ2n) is 5.08. The highest BCUT2D eigenvalue weighted by Crippen LogP contribution is 2.36. The van der Waals surface area contributed by atoms with Gasteiger partial charge in [0.2, 0.25) is 5.91 Å². The summed E-state index contributed by atoms with van der Waals surface area (Å²) >= 11 is 1.45. The smallest absolute Gasteiger partial charge is 0.243 e. The largest absolute Gasteiger partial charge is 0.504 e. The van der Waals surface area contributed by atoms with Crippen molar-refractivity contribution in [2.45, 2.75) is 10.1 Å². The number of hydrogen-bond acceptors (Lipinski definition) is 4. The molecular weight excluding hydrogens is 320 g/mol. The molecule has 0 radical (unpaired) electrons. The minimum absolute atomic E-state index is 0.0534. The zero-order valence-electron chi connectivity index (χ0n) is 12.8. The summed E-state index contributed by atoms with van der Waals surface area (Å²) in [5, 5.41) is 12.1. The van der Waals surface area contributed by atoms with Crippen LogP contribution in [0.1, 0.15) is 10.8 Å². The molecule has 1 amide bonds. The first-order valence-corrected chi connectivity index (χ1v) is 8.33. The third-order valence-corrected chi connectivity index (χ3v) is 4.63. The van der Waals surface area contributed by atoms with Crippen LogP contribution in [0, 0.1) is 0 Å². The van der Waals surface area contributed by atoms with Gasteiger partial charge in [0, 0.05) is 11.1 Å². The molecule has 2 N–H and O–H groups in total. The van der Waals surface area contributed by atoms with Crippen LogP contribution in [-0.2, 0) is 4.79 Å². The van der Waals surface area contributed by atoms with Crippen molar-refractivity contribution in [1.29, 1.82) is 0 Å². The molecule has 0 bridgehead atoms. The normalized spacial score (nSPS) is 11.7. The van der Waals surface area contributed by atoms with E-state index in [1.807, 2.05) is 60.7 Å².